The van der Waals surface area contributed by atoms with Crippen molar-refractivity contribution in [3.63, 3.8) is 0 Å². The van der Waals surface area contributed by atoms with Crippen molar-refractivity contribution in [2.24, 2.45) is 0 Å². The zero-order chi connectivity index (χ0) is 21.9. The summed E-state index contributed by atoms with van der Waals surface area (Å²) >= 11 is 0. The van der Waals surface area contributed by atoms with E-state index < -0.39 is 20.0 Å². The van der Waals surface area contributed by atoms with Crippen LogP contribution in [0.2, 0.25) is 0 Å². The van der Waals surface area contributed by atoms with E-state index in [9.17, 15) is 21.6 Å². The molecule has 1 aliphatic rings. The molecule has 1 heterocycles. The summed E-state index contributed by atoms with van der Waals surface area (Å²) < 4.78 is 54.1. The van der Waals surface area contributed by atoms with E-state index in [1.54, 1.807) is 24.3 Å². The van der Waals surface area contributed by atoms with Gasteiger partial charge in [0.05, 0.1) is 9.79 Å². The lowest BCUT2D eigenvalue weighted by Crippen LogP contribution is -2.50. The highest BCUT2D eigenvalue weighted by atomic mass is 32.2. The van der Waals surface area contributed by atoms with Gasteiger partial charge in [-0.3, -0.25) is 4.79 Å². The minimum absolute atomic E-state index is 0.0715. The second-order valence-corrected chi connectivity index (χ2v) is 10.9. The first-order valence-electron chi connectivity index (χ1n) is 9.61. The Hall–Kier alpha value is -2.27. The smallest absolute Gasteiger partial charge is 0.243 e. The van der Waals surface area contributed by atoms with Crippen LogP contribution in [0.15, 0.2) is 58.3 Å². The fourth-order valence-electron chi connectivity index (χ4n) is 3.26. The van der Waals surface area contributed by atoms with Gasteiger partial charge in [-0.1, -0.05) is 19.1 Å². The van der Waals surface area contributed by atoms with Crippen molar-refractivity contribution in [1.29, 1.82) is 0 Å². The Labute approximate surface area is 177 Å². The Morgan fingerprint density at radius 3 is 1.57 bits per heavy atom. The van der Waals surface area contributed by atoms with Crippen LogP contribution in [-0.4, -0.2) is 57.5 Å². The molecule has 1 fully saturated rings. The van der Waals surface area contributed by atoms with Crippen LogP contribution in [0, 0.1) is 0 Å². The third kappa shape index (κ3) is 4.72. The molecule has 0 aliphatic carbocycles. The van der Waals surface area contributed by atoms with Gasteiger partial charge in [0.15, 0.2) is 0 Å². The highest BCUT2D eigenvalue weighted by molar-refractivity contribution is 7.89. The van der Waals surface area contributed by atoms with Crippen LogP contribution < -0.4 is 5.32 Å². The van der Waals surface area contributed by atoms with Gasteiger partial charge in [0, 0.05) is 38.8 Å². The number of piperazine rings is 1. The Balaban J connectivity index is 1.70. The molecule has 0 bridgehead atoms. The van der Waals surface area contributed by atoms with Crippen LogP contribution in [0.5, 0.6) is 0 Å². The highest BCUT2D eigenvalue weighted by Gasteiger charge is 2.33. The van der Waals surface area contributed by atoms with Gasteiger partial charge in [0.25, 0.3) is 0 Å². The van der Waals surface area contributed by atoms with Crippen molar-refractivity contribution in [3.8, 4) is 0 Å². The molecule has 3 rings (SSSR count). The van der Waals surface area contributed by atoms with Crippen molar-refractivity contribution in [2.75, 3.05) is 31.5 Å². The Bertz CT molecular complexity index is 1100. The maximum absolute atomic E-state index is 12.9. The number of hydrogen-bond acceptors (Lipinski definition) is 5. The molecule has 8 nitrogen and oxygen atoms in total. The molecule has 0 spiro atoms. The van der Waals surface area contributed by atoms with Gasteiger partial charge in [-0.2, -0.15) is 8.61 Å². The van der Waals surface area contributed by atoms with Crippen molar-refractivity contribution in [1.82, 2.24) is 8.61 Å². The van der Waals surface area contributed by atoms with Gasteiger partial charge in [-0.25, -0.2) is 16.8 Å². The van der Waals surface area contributed by atoms with Crippen molar-refractivity contribution < 1.29 is 21.6 Å². The van der Waals surface area contributed by atoms with E-state index in [1.165, 1.54) is 39.8 Å². The molecule has 0 atom stereocenters. The van der Waals surface area contributed by atoms with E-state index in [0.29, 0.717) is 5.69 Å². The molecule has 0 unspecified atom stereocenters. The standard InChI is InChI=1S/C20H25N3O5S2/c1-3-17-4-8-19(9-5-17)29(25,26)22-12-14-23(15-13-22)30(27,28)20-10-6-18(7-11-20)21-16(2)24/h4-11H,3,12-15H2,1-2H3,(H,21,24). The summed E-state index contributed by atoms with van der Waals surface area (Å²) in [6, 6.07) is 12.7. The summed E-state index contributed by atoms with van der Waals surface area (Å²) in [5.74, 6) is -0.243. The number of anilines is 1. The molecule has 30 heavy (non-hydrogen) atoms. The first-order valence-corrected chi connectivity index (χ1v) is 12.5. The summed E-state index contributed by atoms with van der Waals surface area (Å²) in [7, 11) is -7.42. The van der Waals surface area contributed by atoms with Crippen LogP contribution in [0.25, 0.3) is 0 Å². The van der Waals surface area contributed by atoms with Gasteiger partial charge >= 0.3 is 0 Å². The SMILES string of the molecule is CCc1ccc(S(=O)(=O)N2CCN(S(=O)(=O)c3ccc(NC(C)=O)cc3)CC2)cc1. The molecule has 10 heteroatoms. The second kappa shape index (κ2) is 8.84. The first-order chi connectivity index (χ1) is 14.1. The van der Waals surface area contributed by atoms with Crippen LogP contribution in [0.1, 0.15) is 19.4 Å². The third-order valence-corrected chi connectivity index (χ3v) is 8.81. The molecule has 0 aromatic heterocycles. The van der Waals surface area contributed by atoms with Crippen LogP contribution in [-0.2, 0) is 31.3 Å². The maximum atomic E-state index is 12.9. The maximum Gasteiger partial charge on any atom is 0.243 e. The summed E-state index contributed by atoms with van der Waals surface area (Å²) in [6.07, 6.45) is 0.822. The predicted octanol–water partition coefficient (Wildman–Crippen LogP) is 1.90. The Morgan fingerprint density at radius 2 is 1.20 bits per heavy atom. The largest absolute Gasteiger partial charge is 0.326 e. The number of hydrogen-bond donors (Lipinski definition) is 1. The quantitative estimate of drug-likeness (QED) is 0.722. The van der Waals surface area contributed by atoms with E-state index in [-0.39, 0.29) is 41.9 Å². The predicted molar refractivity (Wildman–Crippen MR) is 114 cm³/mol. The van der Waals surface area contributed by atoms with Gasteiger partial charge in [0.2, 0.25) is 26.0 Å². The molecule has 162 valence electrons. The van der Waals surface area contributed by atoms with Crippen molar-refractivity contribution in [3.05, 3.63) is 54.1 Å². The van der Waals surface area contributed by atoms with E-state index in [1.807, 2.05) is 6.92 Å². The zero-order valence-corrected chi connectivity index (χ0v) is 18.5. The van der Waals surface area contributed by atoms with E-state index in [0.717, 1.165) is 12.0 Å². The average molecular weight is 452 g/mol. The normalized spacial score (nSPS) is 16.3. The summed E-state index contributed by atoms with van der Waals surface area (Å²) in [5.41, 5.74) is 1.56. The number of benzene rings is 2. The number of nitrogens with zero attached hydrogens (tertiary/aromatic N) is 2. The molecule has 2 aromatic carbocycles. The lowest BCUT2D eigenvalue weighted by atomic mass is 10.2. The molecule has 1 aliphatic heterocycles. The fraction of sp³-hybridized carbons (Fsp3) is 0.350. The highest BCUT2D eigenvalue weighted by Crippen LogP contribution is 2.23. The van der Waals surface area contributed by atoms with Crippen LogP contribution in [0.3, 0.4) is 0 Å². The molecule has 2 aromatic rings. The third-order valence-electron chi connectivity index (χ3n) is 4.98. The number of carbonyl (C=O) groups is 1. The molecule has 1 amide bonds. The lowest BCUT2D eigenvalue weighted by molar-refractivity contribution is -0.114. The lowest BCUT2D eigenvalue weighted by Gasteiger charge is -2.33. The number of amides is 1. The summed E-state index contributed by atoms with van der Waals surface area (Å²) in [4.78, 5) is 11.4. The van der Waals surface area contributed by atoms with Gasteiger partial charge in [-0.15, -0.1) is 0 Å². The average Bonchev–Trinajstić information content (AvgIpc) is 2.74. The van der Waals surface area contributed by atoms with Crippen LogP contribution >= 0.6 is 0 Å². The molecular formula is C20H25N3O5S2. The second-order valence-electron chi connectivity index (χ2n) is 7.01. The van der Waals surface area contributed by atoms with Crippen molar-refractivity contribution in [2.45, 2.75) is 30.1 Å². The van der Waals surface area contributed by atoms with Crippen LogP contribution in [0.4, 0.5) is 5.69 Å². The minimum Gasteiger partial charge on any atom is -0.326 e. The van der Waals surface area contributed by atoms with E-state index >= 15 is 0 Å². The number of nitrogens with one attached hydrogen (secondary N) is 1. The van der Waals surface area contributed by atoms with Crippen molar-refractivity contribution >= 4 is 31.6 Å². The number of rotatable bonds is 6. The van der Waals surface area contributed by atoms with Gasteiger partial charge in [0.1, 0.15) is 0 Å². The fourth-order valence-corrected chi connectivity index (χ4v) is 6.10. The zero-order valence-electron chi connectivity index (χ0n) is 16.9. The van der Waals surface area contributed by atoms with Gasteiger partial charge < -0.3 is 5.32 Å². The number of sulfonamides is 2. The summed E-state index contributed by atoms with van der Waals surface area (Å²) in [6.45, 7) is 3.68. The minimum atomic E-state index is -3.75. The monoisotopic (exact) mass is 451 g/mol. The Morgan fingerprint density at radius 1 is 0.800 bits per heavy atom. The van der Waals surface area contributed by atoms with Gasteiger partial charge in [-0.05, 0) is 48.4 Å². The molecule has 0 saturated carbocycles. The molecule has 1 N–H and O–H groups in total. The molecule has 0 radical (unpaired) electrons. The topological polar surface area (TPSA) is 104 Å². The molecule has 1 saturated heterocycles. The van der Waals surface area contributed by atoms with E-state index in [4.69, 9.17) is 0 Å². The number of aryl methyl sites for hydroxylation is 1. The Kier molecular flexibility index (Phi) is 6.61. The van der Waals surface area contributed by atoms with E-state index in [2.05, 4.69) is 5.32 Å². The molecular weight excluding hydrogens is 426 g/mol. The first kappa shape index (κ1) is 22.4. The number of carbonyl (C=O) groups excluding carboxylic acids is 1. The summed E-state index contributed by atoms with van der Waals surface area (Å²) in [5, 5.41) is 2.59.